The summed E-state index contributed by atoms with van der Waals surface area (Å²) < 4.78 is 4.92. The van der Waals surface area contributed by atoms with Crippen molar-refractivity contribution >= 4 is 27.5 Å². The van der Waals surface area contributed by atoms with Gasteiger partial charge in [0.25, 0.3) is 5.91 Å². The molecule has 5 nitrogen and oxygen atoms in total. The minimum absolute atomic E-state index is 0.295. The van der Waals surface area contributed by atoms with Crippen LogP contribution in [0.15, 0.2) is 29.3 Å². The van der Waals surface area contributed by atoms with Crippen LogP contribution < -0.4 is 4.80 Å². The Kier molecular flexibility index (Phi) is 4.41. The van der Waals surface area contributed by atoms with Gasteiger partial charge in [0.15, 0.2) is 10.5 Å². The van der Waals surface area contributed by atoms with Gasteiger partial charge in [-0.05, 0) is 43.5 Å². The lowest BCUT2D eigenvalue weighted by Crippen LogP contribution is -2.13. The molecule has 1 aromatic carbocycles. The van der Waals surface area contributed by atoms with E-state index in [1.165, 1.54) is 16.9 Å². The Bertz CT molecular complexity index is 975. The number of aromatic nitrogens is 3. The Morgan fingerprint density at radius 3 is 2.71 bits per heavy atom. The summed E-state index contributed by atoms with van der Waals surface area (Å²) in [4.78, 5) is 17.4. The average Bonchev–Trinajstić information content (AvgIpc) is 3.07. The van der Waals surface area contributed by atoms with Gasteiger partial charge in [-0.15, -0.1) is 0 Å². The van der Waals surface area contributed by atoms with E-state index in [9.17, 15) is 4.79 Å². The van der Waals surface area contributed by atoms with Crippen LogP contribution in [-0.4, -0.2) is 20.3 Å². The maximum absolute atomic E-state index is 12.5. The number of rotatable bonds is 3. The van der Waals surface area contributed by atoms with E-state index in [4.69, 9.17) is 0 Å². The molecule has 1 amide bonds. The highest BCUT2D eigenvalue weighted by molar-refractivity contribution is 7.16. The van der Waals surface area contributed by atoms with E-state index >= 15 is 0 Å². The van der Waals surface area contributed by atoms with Gasteiger partial charge < -0.3 is 4.57 Å². The molecule has 3 aromatic rings. The Labute approximate surface area is 145 Å². The molecule has 0 aliphatic rings. The van der Waals surface area contributed by atoms with Crippen molar-refractivity contribution in [2.45, 2.75) is 40.2 Å². The summed E-state index contributed by atoms with van der Waals surface area (Å²) in [6.45, 7) is 9.05. The summed E-state index contributed by atoms with van der Waals surface area (Å²) in [5, 5.41) is 4.31. The average molecular weight is 342 g/mol. The summed E-state index contributed by atoms with van der Waals surface area (Å²) in [5.74, 6) is 0.182. The molecule has 0 spiro atoms. The van der Waals surface area contributed by atoms with Crippen LogP contribution in [0.5, 0.6) is 0 Å². The lowest BCUT2D eigenvalue weighted by molar-refractivity contribution is 0.0992. The number of benzene rings is 1. The van der Waals surface area contributed by atoms with Crippen LogP contribution in [0.1, 0.15) is 48.4 Å². The highest BCUT2D eigenvalue weighted by Gasteiger charge is 2.12. The molecular formula is C18H22N4OS. The second kappa shape index (κ2) is 6.36. The van der Waals surface area contributed by atoms with Crippen molar-refractivity contribution in [2.24, 2.45) is 12.0 Å². The second-order valence-electron chi connectivity index (χ2n) is 6.23. The standard InChI is InChI=1S/C18H22N4OS/c1-6-22-12(4)9-14(20-22)17(23)19-18-21(5)15-8-7-13(11(2)3)10-16(15)24-18/h7-11H,6H2,1-5H3. The third kappa shape index (κ3) is 2.94. The Morgan fingerprint density at radius 1 is 1.33 bits per heavy atom. The molecule has 0 aliphatic carbocycles. The lowest BCUT2D eigenvalue weighted by Gasteiger charge is -2.04. The summed E-state index contributed by atoms with van der Waals surface area (Å²) >= 11 is 1.54. The number of thiazole rings is 1. The van der Waals surface area contributed by atoms with Gasteiger partial charge in [-0.2, -0.15) is 10.1 Å². The number of carbonyl (C=O) groups excluding carboxylic acids is 1. The zero-order valence-corrected chi connectivity index (χ0v) is 15.5. The van der Waals surface area contributed by atoms with E-state index in [2.05, 4.69) is 42.1 Å². The van der Waals surface area contributed by atoms with Gasteiger partial charge in [-0.1, -0.05) is 31.3 Å². The third-order valence-electron chi connectivity index (χ3n) is 4.20. The molecule has 3 rings (SSSR count). The van der Waals surface area contributed by atoms with Gasteiger partial charge in [0, 0.05) is 19.3 Å². The number of amides is 1. The number of fused-ring (bicyclic) bond motifs is 1. The van der Waals surface area contributed by atoms with Gasteiger partial charge in [0.1, 0.15) is 0 Å². The first-order chi connectivity index (χ1) is 11.4. The molecule has 0 atom stereocenters. The monoisotopic (exact) mass is 342 g/mol. The molecule has 0 saturated heterocycles. The van der Waals surface area contributed by atoms with Crippen molar-refractivity contribution in [3.8, 4) is 0 Å². The number of hydrogen-bond donors (Lipinski definition) is 0. The van der Waals surface area contributed by atoms with Crippen LogP contribution >= 0.6 is 11.3 Å². The number of hydrogen-bond acceptors (Lipinski definition) is 3. The number of nitrogens with zero attached hydrogens (tertiary/aromatic N) is 4. The fraction of sp³-hybridized carbons (Fsp3) is 0.389. The summed E-state index contributed by atoms with van der Waals surface area (Å²) in [6, 6.07) is 8.21. The first-order valence-corrected chi connectivity index (χ1v) is 8.95. The zero-order chi connectivity index (χ0) is 17.4. The SMILES string of the molecule is CCn1nc(C(=O)N=c2sc3cc(C(C)C)ccc3n2C)cc1C. The largest absolute Gasteiger partial charge is 0.319 e. The third-order valence-corrected chi connectivity index (χ3v) is 5.29. The van der Waals surface area contributed by atoms with E-state index < -0.39 is 0 Å². The van der Waals surface area contributed by atoms with Gasteiger partial charge in [-0.25, -0.2) is 0 Å². The molecular weight excluding hydrogens is 320 g/mol. The van der Waals surface area contributed by atoms with Gasteiger partial charge >= 0.3 is 0 Å². The maximum atomic E-state index is 12.5. The van der Waals surface area contributed by atoms with Gasteiger partial charge in [0.05, 0.1) is 10.2 Å². The minimum atomic E-state index is -0.295. The normalized spacial score (nSPS) is 12.5. The molecule has 0 fully saturated rings. The molecule has 2 heterocycles. The lowest BCUT2D eigenvalue weighted by atomic mass is 10.0. The molecule has 24 heavy (non-hydrogen) atoms. The van der Waals surface area contributed by atoms with E-state index in [1.807, 2.05) is 30.1 Å². The minimum Gasteiger partial charge on any atom is -0.319 e. The van der Waals surface area contributed by atoms with Gasteiger partial charge in [0.2, 0.25) is 0 Å². The predicted molar refractivity (Wildman–Crippen MR) is 97.4 cm³/mol. The van der Waals surface area contributed by atoms with Crippen LogP contribution in [0.3, 0.4) is 0 Å². The van der Waals surface area contributed by atoms with Gasteiger partial charge in [-0.3, -0.25) is 9.48 Å². The van der Waals surface area contributed by atoms with Crippen molar-refractivity contribution < 1.29 is 4.79 Å². The molecule has 6 heteroatoms. The Balaban J connectivity index is 2.05. The molecule has 2 aromatic heterocycles. The van der Waals surface area contributed by atoms with Crippen molar-refractivity contribution in [1.29, 1.82) is 0 Å². The topological polar surface area (TPSA) is 52.2 Å². The predicted octanol–water partition coefficient (Wildman–Crippen LogP) is 3.63. The van der Waals surface area contributed by atoms with Crippen molar-refractivity contribution in [2.75, 3.05) is 0 Å². The van der Waals surface area contributed by atoms with Crippen LogP contribution in [0.25, 0.3) is 10.2 Å². The first kappa shape index (κ1) is 16.6. The summed E-state index contributed by atoms with van der Waals surface area (Å²) in [5.41, 5.74) is 3.75. The quantitative estimate of drug-likeness (QED) is 0.730. The van der Waals surface area contributed by atoms with E-state index in [1.54, 1.807) is 6.07 Å². The Morgan fingerprint density at radius 2 is 2.08 bits per heavy atom. The smallest absolute Gasteiger partial charge is 0.300 e. The Hall–Kier alpha value is -2.21. The van der Waals surface area contributed by atoms with Crippen molar-refractivity contribution in [3.63, 3.8) is 0 Å². The highest BCUT2D eigenvalue weighted by Crippen LogP contribution is 2.23. The maximum Gasteiger partial charge on any atom is 0.300 e. The molecule has 0 bridgehead atoms. The summed E-state index contributed by atoms with van der Waals surface area (Å²) in [7, 11) is 1.94. The first-order valence-electron chi connectivity index (χ1n) is 8.13. The molecule has 0 saturated carbocycles. The molecule has 0 radical (unpaired) electrons. The van der Waals surface area contributed by atoms with Crippen LogP contribution in [0, 0.1) is 6.92 Å². The van der Waals surface area contributed by atoms with Crippen molar-refractivity contribution in [3.05, 3.63) is 46.0 Å². The number of carbonyl (C=O) groups is 1. The van der Waals surface area contributed by atoms with Crippen molar-refractivity contribution in [1.82, 2.24) is 14.3 Å². The fourth-order valence-corrected chi connectivity index (χ4v) is 3.76. The van der Waals surface area contributed by atoms with Crippen LogP contribution in [-0.2, 0) is 13.6 Å². The fourth-order valence-electron chi connectivity index (χ4n) is 2.70. The van der Waals surface area contributed by atoms with E-state index in [0.717, 1.165) is 22.5 Å². The van der Waals surface area contributed by atoms with Crippen LogP contribution in [0.2, 0.25) is 0 Å². The van der Waals surface area contributed by atoms with Crippen LogP contribution in [0.4, 0.5) is 0 Å². The van der Waals surface area contributed by atoms with E-state index in [0.29, 0.717) is 16.4 Å². The molecule has 126 valence electrons. The molecule has 0 N–H and O–H groups in total. The highest BCUT2D eigenvalue weighted by atomic mass is 32.1. The molecule has 0 unspecified atom stereocenters. The number of aryl methyl sites for hydroxylation is 3. The zero-order valence-electron chi connectivity index (χ0n) is 14.7. The molecule has 0 aliphatic heterocycles. The second-order valence-corrected chi connectivity index (χ2v) is 7.24. The summed E-state index contributed by atoms with van der Waals surface area (Å²) in [6.07, 6.45) is 0. The van der Waals surface area contributed by atoms with E-state index in [-0.39, 0.29) is 5.91 Å².